The molecule has 0 radical (unpaired) electrons. The molecular formula is C15H13Cl2NO3. The summed E-state index contributed by atoms with van der Waals surface area (Å²) in [6.07, 6.45) is 1.94. The summed E-state index contributed by atoms with van der Waals surface area (Å²) in [5.41, 5.74) is 1.26. The molecular weight excluding hydrogens is 313 g/mol. The molecule has 0 unspecified atom stereocenters. The predicted octanol–water partition coefficient (Wildman–Crippen LogP) is 4.98. The van der Waals surface area contributed by atoms with Crippen molar-refractivity contribution in [3.8, 4) is 16.9 Å². The second-order valence-corrected chi connectivity index (χ2v) is 5.28. The first kappa shape index (κ1) is 15.6. The van der Waals surface area contributed by atoms with Gasteiger partial charge in [0.05, 0.1) is 22.3 Å². The molecule has 110 valence electrons. The lowest BCUT2D eigenvalue weighted by Gasteiger charge is -2.12. The van der Waals surface area contributed by atoms with Crippen molar-refractivity contribution in [3.63, 3.8) is 0 Å². The first-order chi connectivity index (χ1) is 9.99. The molecule has 21 heavy (non-hydrogen) atoms. The van der Waals surface area contributed by atoms with E-state index in [4.69, 9.17) is 32.7 Å². The van der Waals surface area contributed by atoms with Crippen LogP contribution in [0, 0.1) is 0 Å². The van der Waals surface area contributed by atoms with E-state index in [0.717, 1.165) is 0 Å². The third-order valence-corrected chi connectivity index (χ3v) is 3.37. The van der Waals surface area contributed by atoms with Crippen LogP contribution in [0.5, 0.6) is 5.75 Å². The summed E-state index contributed by atoms with van der Waals surface area (Å²) in [7, 11) is 0. The van der Waals surface area contributed by atoms with Gasteiger partial charge in [-0.2, -0.15) is 0 Å². The number of ether oxygens (including phenoxy) is 2. The Morgan fingerprint density at radius 2 is 1.95 bits per heavy atom. The average molecular weight is 326 g/mol. The number of carbonyl (C=O) groups is 1. The monoisotopic (exact) mass is 325 g/mol. The van der Waals surface area contributed by atoms with Crippen molar-refractivity contribution in [2.24, 2.45) is 0 Å². The van der Waals surface area contributed by atoms with Crippen LogP contribution in [0.1, 0.15) is 13.8 Å². The summed E-state index contributed by atoms with van der Waals surface area (Å²) < 4.78 is 10.1. The minimum absolute atomic E-state index is 0.257. The number of benzene rings is 1. The fourth-order valence-corrected chi connectivity index (χ4v) is 2.10. The van der Waals surface area contributed by atoms with Gasteiger partial charge in [0, 0.05) is 17.3 Å². The van der Waals surface area contributed by atoms with Gasteiger partial charge < -0.3 is 9.47 Å². The normalized spacial score (nSPS) is 10.5. The van der Waals surface area contributed by atoms with Gasteiger partial charge in [-0.3, -0.25) is 4.98 Å². The lowest BCUT2D eigenvalue weighted by atomic mass is 10.1. The van der Waals surface area contributed by atoms with Crippen molar-refractivity contribution in [1.82, 2.24) is 4.98 Å². The minimum Gasteiger partial charge on any atom is -0.431 e. The second-order valence-electron chi connectivity index (χ2n) is 4.49. The zero-order valence-electron chi connectivity index (χ0n) is 11.5. The average Bonchev–Trinajstić information content (AvgIpc) is 2.42. The van der Waals surface area contributed by atoms with E-state index in [1.54, 1.807) is 44.3 Å². The van der Waals surface area contributed by atoms with Gasteiger partial charge >= 0.3 is 6.16 Å². The van der Waals surface area contributed by atoms with E-state index in [0.29, 0.717) is 21.2 Å². The Morgan fingerprint density at radius 1 is 1.19 bits per heavy atom. The second kappa shape index (κ2) is 6.78. The Balaban J connectivity index is 2.37. The van der Waals surface area contributed by atoms with Crippen LogP contribution in [0.4, 0.5) is 4.79 Å². The summed E-state index contributed by atoms with van der Waals surface area (Å²) in [6.45, 7) is 3.47. The molecule has 1 aromatic carbocycles. The molecule has 0 aliphatic heterocycles. The molecule has 0 atom stereocenters. The SMILES string of the molecule is CC(C)OC(=O)Oc1cnccc1-c1cccc(Cl)c1Cl. The quantitative estimate of drug-likeness (QED) is 0.747. The van der Waals surface area contributed by atoms with Crippen LogP contribution in [0.25, 0.3) is 11.1 Å². The summed E-state index contributed by atoms with van der Waals surface area (Å²) in [5, 5.41) is 0.800. The van der Waals surface area contributed by atoms with E-state index >= 15 is 0 Å². The van der Waals surface area contributed by atoms with E-state index in [1.165, 1.54) is 6.20 Å². The summed E-state index contributed by atoms with van der Waals surface area (Å²) in [4.78, 5) is 15.6. The van der Waals surface area contributed by atoms with Crippen LogP contribution < -0.4 is 4.74 Å². The molecule has 2 rings (SSSR count). The lowest BCUT2D eigenvalue weighted by molar-refractivity contribution is 0.0729. The Hall–Kier alpha value is -1.78. The summed E-state index contributed by atoms with van der Waals surface area (Å²) in [5.74, 6) is 0.257. The van der Waals surface area contributed by atoms with Crippen LogP contribution in [-0.4, -0.2) is 17.2 Å². The number of nitrogens with zero attached hydrogens (tertiary/aromatic N) is 1. The van der Waals surface area contributed by atoms with Crippen LogP contribution in [0.3, 0.4) is 0 Å². The Kier molecular flexibility index (Phi) is 5.04. The fourth-order valence-electron chi connectivity index (χ4n) is 1.70. The van der Waals surface area contributed by atoms with Crippen molar-refractivity contribution < 1.29 is 14.3 Å². The van der Waals surface area contributed by atoms with Crippen molar-refractivity contribution in [3.05, 3.63) is 46.7 Å². The Labute approximate surface area is 132 Å². The van der Waals surface area contributed by atoms with E-state index in [-0.39, 0.29) is 11.9 Å². The van der Waals surface area contributed by atoms with Gasteiger partial charge in [0.25, 0.3) is 0 Å². The topological polar surface area (TPSA) is 48.4 Å². The van der Waals surface area contributed by atoms with E-state index in [1.807, 2.05) is 0 Å². The highest BCUT2D eigenvalue weighted by Crippen LogP contribution is 2.37. The number of halogens is 2. The Morgan fingerprint density at radius 3 is 2.67 bits per heavy atom. The largest absolute Gasteiger partial charge is 0.514 e. The van der Waals surface area contributed by atoms with E-state index in [9.17, 15) is 4.79 Å². The number of rotatable bonds is 3. The molecule has 4 nitrogen and oxygen atoms in total. The van der Waals surface area contributed by atoms with Gasteiger partial charge in [-0.1, -0.05) is 35.3 Å². The highest BCUT2D eigenvalue weighted by atomic mass is 35.5. The van der Waals surface area contributed by atoms with Gasteiger partial charge in [0.1, 0.15) is 0 Å². The number of carbonyl (C=O) groups excluding carboxylic acids is 1. The standard InChI is InChI=1S/C15H13Cl2NO3/c1-9(2)20-15(19)21-13-8-18-7-6-10(13)11-4-3-5-12(16)14(11)17/h3-9H,1-2H3. The highest BCUT2D eigenvalue weighted by molar-refractivity contribution is 6.43. The van der Waals surface area contributed by atoms with Crippen LogP contribution in [0.2, 0.25) is 10.0 Å². The molecule has 6 heteroatoms. The molecule has 0 spiro atoms. The first-order valence-corrected chi connectivity index (χ1v) is 7.01. The summed E-state index contributed by atoms with van der Waals surface area (Å²) >= 11 is 12.2. The van der Waals surface area contributed by atoms with Gasteiger partial charge in [-0.15, -0.1) is 0 Å². The zero-order valence-corrected chi connectivity index (χ0v) is 13.0. The smallest absolute Gasteiger partial charge is 0.431 e. The first-order valence-electron chi connectivity index (χ1n) is 6.26. The van der Waals surface area contributed by atoms with Crippen molar-refractivity contribution in [1.29, 1.82) is 0 Å². The Bertz CT molecular complexity index is 659. The number of pyridine rings is 1. The molecule has 0 fully saturated rings. The van der Waals surface area contributed by atoms with Crippen molar-refractivity contribution in [2.75, 3.05) is 0 Å². The maximum Gasteiger partial charge on any atom is 0.514 e. The van der Waals surface area contributed by atoms with Gasteiger partial charge in [-0.05, 0) is 26.0 Å². The highest BCUT2D eigenvalue weighted by Gasteiger charge is 2.16. The molecule has 0 bridgehead atoms. The maximum absolute atomic E-state index is 11.6. The molecule has 0 amide bonds. The van der Waals surface area contributed by atoms with Crippen molar-refractivity contribution >= 4 is 29.4 Å². The van der Waals surface area contributed by atoms with Crippen LogP contribution in [0.15, 0.2) is 36.7 Å². The lowest BCUT2D eigenvalue weighted by Crippen LogP contribution is -2.16. The molecule has 0 saturated heterocycles. The maximum atomic E-state index is 11.6. The molecule has 0 saturated carbocycles. The molecule has 0 N–H and O–H groups in total. The predicted molar refractivity (Wildman–Crippen MR) is 81.9 cm³/mol. The van der Waals surface area contributed by atoms with E-state index < -0.39 is 6.16 Å². The number of aromatic nitrogens is 1. The molecule has 2 aromatic rings. The molecule has 1 aromatic heterocycles. The summed E-state index contributed by atoms with van der Waals surface area (Å²) in [6, 6.07) is 6.92. The zero-order chi connectivity index (χ0) is 15.4. The van der Waals surface area contributed by atoms with Gasteiger partial charge in [-0.25, -0.2) is 4.79 Å². The van der Waals surface area contributed by atoms with Gasteiger partial charge in [0.15, 0.2) is 5.75 Å². The third-order valence-electron chi connectivity index (χ3n) is 2.55. The van der Waals surface area contributed by atoms with E-state index in [2.05, 4.69) is 4.98 Å². The van der Waals surface area contributed by atoms with Gasteiger partial charge in [0.2, 0.25) is 0 Å². The molecule has 1 heterocycles. The molecule has 0 aliphatic rings. The number of hydrogen-bond donors (Lipinski definition) is 0. The van der Waals surface area contributed by atoms with Crippen molar-refractivity contribution in [2.45, 2.75) is 20.0 Å². The fraction of sp³-hybridized carbons (Fsp3) is 0.200. The molecule has 0 aliphatic carbocycles. The number of hydrogen-bond acceptors (Lipinski definition) is 4. The van der Waals surface area contributed by atoms with Crippen LogP contribution >= 0.6 is 23.2 Å². The van der Waals surface area contributed by atoms with Crippen LogP contribution in [-0.2, 0) is 4.74 Å². The minimum atomic E-state index is -0.794. The third kappa shape index (κ3) is 3.86.